The van der Waals surface area contributed by atoms with Gasteiger partial charge >= 0.3 is 0 Å². The minimum atomic E-state index is 0.0724. The molecular formula is C13H25N3O2. The Morgan fingerprint density at radius 3 is 2.67 bits per heavy atom. The van der Waals surface area contributed by atoms with Crippen LogP contribution in [0, 0.1) is 0 Å². The number of aliphatic hydroxyl groups is 1. The van der Waals surface area contributed by atoms with Crippen molar-refractivity contribution in [2.24, 2.45) is 0 Å². The predicted octanol–water partition coefficient (Wildman–Crippen LogP) is -0.346. The summed E-state index contributed by atoms with van der Waals surface area (Å²) in [5.41, 5.74) is 0.263. The maximum Gasteiger partial charge on any atom is 0.217 e. The Morgan fingerprint density at radius 1 is 1.44 bits per heavy atom. The Kier molecular flexibility index (Phi) is 4.25. The minimum Gasteiger partial charge on any atom is -0.395 e. The lowest BCUT2D eigenvalue weighted by Gasteiger charge is -2.43. The van der Waals surface area contributed by atoms with E-state index in [9.17, 15) is 4.79 Å². The van der Waals surface area contributed by atoms with E-state index in [1.807, 2.05) is 0 Å². The Balaban J connectivity index is 1.91. The molecule has 104 valence electrons. The van der Waals surface area contributed by atoms with Gasteiger partial charge in [-0.05, 0) is 39.4 Å². The molecule has 2 heterocycles. The number of rotatable bonds is 3. The number of β-amino-alcohol motifs (C(OH)–C–C–N with tert-alkyl or cyclic N) is 1. The van der Waals surface area contributed by atoms with E-state index >= 15 is 0 Å². The molecule has 2 aliphatic heterocycles. The number of nitrogens with one attached hydrogen (secondary N) is 1. The summed E-state index contributed by atoms with van der Waals surface area (Å²) in [5, 5.41) is 12.0. The Hall–Kier alpha value is -0.650. The summed E-state index contributed by atoms with van der Waals surface area (Å²) in [4.78, 5) is 15.9. The number of hydrogen-bond donors (Lipinski definition) is 2. The molecule has 2 N–H and O–H groups in total. The SMILES string of the molecule is CC(=O)N[C@H]1CN(C)C2(CCN(CCO)CC2)C1. The smallest absolute Gasteiger partial charge is 0.217 e. The lowest BCUT2D eigenvalue weighted by Crippen LogP contribution is -2.51. The third-order valence-electron chi connectivity index (χ3n) is 4.54. The van der Waals surface area contributed by atoms with Gasteiger partial charge in [0.1, 0.15) is 0 Å². The topological polar surface area (TPSA) is 55.8 Å². The third kappa shape index (κ3) is 2.84. The number of carbonyl (C=O) groups excluding carboxylic acids is 1. The first kappa shape index (κ1) is 13.8. The van der Waals surface area contributed by atoms with Crippen LogP contribution in [0.2, 0.25) is 0 Å². The maximum absolute atomic E-state index is 11.1. The highest BCUT2D eigenvalue weighted by Gasteiger charge is 2.45. The van der Waals surface area contributed by atoms with Crippen LogP contribution in [0.25, 0.3) is 0 Å². The largest absolute Gasteiger partial charge is 0.395 e. The Bertz CT molecular complexity index is 301. The standard InChI is InChI=1S/C13H25N3O2/c1-11(18)14-12-9-13(15(2)10-12)3-5-16(6-4-13)7-8-17/h12,17H,3-10H2,1-2H3,(H,14,18)/t12-/m1/s1. The zero-order chi connectivity index (χ0) is 13.2. The predicted molar refractivity (Wildman–Crippen MR) is 70.3 cm³/mol. The average molecular weight is 255 g/mol. The van der Waals surface area contributed by atoms with Gasteiger partial charge in [0.2, 0.25) is 5.91 Å². The molecule has 5 heteroatoms. The van der Waals surface area contributed by atoms with Gasteiger partial charge in [-0.2, -0.15) is 0 Å². The Labute approximate surface area is 109 Å². The fourth-order valence-electron chi connectivity index (χ4n) is 3.51. The summed E-state index contributed by atoms with van der Waals surface area (Å²) in [7, 11) is 2.17. The van der Waals surface area contributed by atoms with Crippen molar-refractivity contribution in [2.45, 2.75) is 37.8 Å². The number of likely N-dealkylation sites (N-methyl/N-ethyl adjacent to an activating group) is 1. The first-order valence-corrected chi connectivity index (χ1v) is 6.87. The van der Waals surface area contributed by atoms with Crippen molar-refractivity contribution < 1.29 is 9.90 Å². The van der Waals surface area contributed by atoms with Crippen molar-refractivity contribution in [3.8, 4) is 0 Å². The van der Waals surface area contributed by atoms with Crippen molar-refractivity contribution in [3.63, 3.8) is 0 Å². The molecule has 0 aliphatic carbocycles. The van der Waals surface area contributed by atoms with E-state index in [4.69, 9.17) is 5.11 Å². The molecule has 1 amide bonds. The molecule has 1 spiro atoms. The van der Waals surface area contributed by atoms with Crippen LogP contribution in [0.4, 0.5) is 0 Å². The number of amides is 1. The molecule has 0 bridgehead atoms. The zero-order valence-corrected chi connectivity index (χ0v) is 11.5. The normalized spacial score (nSPS) is 28.7. The summed E-state index contributed by atoms with van der Waals surface area (Å²) in [5.74, 6) is 0.0724. The summed E-state index contributed by atoms with van der Waals surface area (Å²) >= 11 is 0. The zero-order valence-electron chi connectivity index (χ0n) is 11.5. The fourth-order valence-corrected chi connectivity index (χ4v) is 3.51. The second-order valence-electron chi connectivity index (χ2n) is 5.77. The number of carbonyl (C=O) groups is 1. The van der Waals surface area contributed by atoms with E-state index in [-0.39, 0.29) is 18.1 Å². The minimum absolute atomic E-state index is 0.0724. The van der Waals surface area contributed by atoms with Gasteiger partial charge in [0.05, 0.1) is 6.61 Å². The van der Waals surface area contributed by atoms with E-state index < -0.39 is 0 Å². The molecule has 0 unspecified atom stereocenters. The van der Waals surface area contributed by atoms with Gasteiger partial charge in [-0.3, -0.25) is 9.69 Å². The number of nitrogens with zero attached hydrogens (tertiary/aromatic N) is 2. The van der Waals surface area contributed by atoms with Crippen molar-refractivity contribution in [3.05, 3.63) is 0 Å². The van der Waals surface area contributed by atoms with E-state index in [0.29, 0.717) is 6.04 Å². The third-order valence-corrected chi connectivity index (χ3v) is 4.54. The Morgan fingerprint density at radius 2 is 2.11 bits per heavy atom. The molecule has 2 rings (SSSR count). The molecular weight excluding hydrogens is 230 g/mol. The second-order valence-corrected chi connectivity index (χ2v) is 5.77. The summed E-state index contributed by atoms with van der Waals surface area (Å²) in [6, 6.07) is 0.303. The van der Waals surface area contributed by atoms with Gasteiger partial charge in [-0.15, -0.1) is 0 Å². The van der Waals surface area contributed by atoms with Crippen LogP contribution < -0.4 is 5.32 Å². The van der Waals surface area contributed by atoms with Gasteiger partial charge in [0, 0.05) is 31.6 Å². The van der Waals surface area contributed by atoms with Gasteiger partial charge < -0.3 is 15.3 Å². The molecule has 2 fully saturated rings. The van der Waals surface area contributed by atoms with Crippen LogP contribution >= 0.6 is 0 Å². The highest BCUT2D eigenvalue weighted by atomic mass is 16.3. The van der Waals surface area contributed by atoms with Crippen LogP contribution in [0.3, 0.4) is 0 Å². The highest BCUT2D eigenvalue weighted by Crippen LogP contribution is 2.37. The lowest BCUT2D eigenvalue weighted by atomic mass is 9.84. The highest BCUT2D eigenvalue weighted by molar-refractivity contribution is 5.73. The quantitative estimate of drug-likeness (QED) is 0.724. The molecule has 5 nitrogen and oxygen atoms in total. The lowest BCUT2D eigenvalue weighted by molar-refractivity contribution is -0.119. The van der Waals surface area contributed by atoms with Crippen LogP contribution in [-0.2, 0) is 4.79 Å². The van der Waals surface area contributed by atoms with Crippen LogP contribution in [0.1, 0.15) is 26.2 Å². The van der Waals surface area contributed by atoms with Gasteiger partial charge in [0.25, 0.3) is 0 Å². The maximum atomic E-state index is 11.1. The monoisotopic (exact) mass is 255 g/mol. The van der Waals surface area contributed by atoms with Crippen LogP contribution in [0.5, 0.6) is 0 Å². The van der Waals surface area contributed by atoms with Crippen molar-refractivity contribution in [1.29, 1.82) is 0 Å². The van der Waals surface area contributed by atoms with E-state index in [2.05, 4.69) is 22.2 Å². The van der Waals surface area contributed by atoms with Gasteiger partial charge in [-0.1, -0.05) is 0 Å². The van der Waals surface area contributed by atoms with Crippen molar-refractivity contribution in [2.75, 3.05) is 39.8 Å². The molecule has 0 saturated carbocycles. The van der Waals surface area contributed by atoms with Crippen LogP contribution in [0.15, 0.2) is 0 Å². The first-order valence-electron chi connectivity index (χ1n) is 6.87. The molecule has 2 saturated heterocycles. The van der Waals surface area contributed by atoms with Crippen LogP contribution in [-0.4, -0.2) is 72.2 Å². The first-order chi connectivity index (χ1) is 8.55. The average Bonchev–Trinajstić information content (AvgIpc) is 2.58. The van der Waals surface area contributed by atoms with E-state index in [1.54, 1.807) is 6.92 Å². The number of piperidine rings is 1. The molecule has 0 aromatic rings. The van der Waals surface area contributed by atoms with E-state index in [0.717, 1.165) is 45.4 Å². The van der Waals surface area contributed by atoms with Gasteiger partial charge in [-0.25, -0.2) is 0 Å². The van der Waals surface area contributed by atoms with Gasteiger partial charge in [0.15, 0.2) is 0 Å². The number of aliphatic hydroxyl groups excluding tert-OH is 1. The van der Waals surface area contributed by atoms with E-state index in [1.165, 1.54) is 0 Å². The molecule has 18 heavy (non-hydrogen) atoms. The summed E-state index contributed by atoms with van der Waals surface area (Å²) in [6.45, 7) is 5.69. The molecule has 2 aliphatic rings. The second kappa shape index (κ2) is 5.55. The van der Waals surface area contributed by atoms with Crippen molar-refractivity contribution in [1.82, 2.24) is 15.1 Å². The number of likely N-dealkylation sites (tertiary alicyclic amines) is 2. The molecule has 0 radical (unpaired) electrons. The fraction of sp³-hybridized carbons (Fsp3) is 0.923. The summed E-state index contributed by atoms with van der Waals surface area (Å²) < 4.78 is 0. The molecule has 0 aromatic carbocycles. The molecule has 0 aromatic heterocycles. The van der Waals surface area contributed by atoms with Crippen molar-refractivity contribution >= 4 is 5.91 Å². The summed E-state index contributed by atoms with van der Waals surface area (Å²) in [6.07, 6.45) is 3.34. The molecule has 1 atom stereocenters. The number of hydrogen-bond acceptors (Lipinski definition) is 4.